The van der Waals surface area contributed by atoms with Gasteiger partial charge < -0.3 is 16.8 Å². The third-order valence-corrected chi connectivity index (χ3v) is 1.44. The van der Waals surface area contributed by atoms with Gasteiger partial charge in [0.05, 0.1) is 11.4 Å². The fourth-order valence-corrected chi connectivity index (χ4v) is 0.933. The van der Waals surface area contributed by atoms with Crippen LogP contribution in [-0.4, -0.2) is 6.54 Å². The first kappa shape index (κ1) is 7.72. The average molecular weight is 151 g/mol. The standard InChI is InChI=1S/C8H13N3/c1-2-11-8-4-3-6(9)5-7(8)10/h3-5,11H,2,9-10H2,1H3. The molecular formula is C8H13N3. The largest absolute Gasteiger partial charge is 0.399 e. The molecule has 0 heterocycles. The summed E-state index contributed by atoms with van der Waals surface area (Å²) >= 11 is 0. The number of nitrogens with two attached hydrogens (primary N) is 2. The van der Waals surface area contributed by atoms with Gasteiger partial charge in [-0.15, -0.1) is 0 Å². The van der Waals surface area contributed by atoms with E-state index in [2.05, 4.69) is 5.32 Å². The van der Waals surface area contributed by atoms with E-state index in [9.17, 15) is 0 Å². The van der Waals surface area contributed by atoms with Crippen LogP contribution < -0.4 is 16.8 Å². The van der Waals surface area contributed by atoms with Crippen LogP contribution in [0.3, 0.4) is 0 Å². The van der Waals surface area contributed by atoms with Gasteiger partial charge in [-0.3, -0.25) is 0 Å². The van der Waals surface area contributed by atoms with E-state index in [1.54, 1.807) is 6.07 Å². The Morgan fingerprint density at radius 1 is 1.36 bits per heavy atom. The van der Waals surface area contributed by atoms with E-state index in [1.807, 2.05) is 19.1 Å². The Labute approximate surface area is 66.4 Å². The molecule has 60 valence electrons. The van der Waals surface area contributed by atoms with Gasteiger partial charge in [-0.1, -0.05) is 0 Å². The van der Waals surface area contributed by atoms with Gasteiger partial charge in [-0.25, -0.2) is 0 Å². The molecule has 11 heavy (non-hydrogen) atoms. The Balaban J connectivity index is 2.90. The van der Waals surface area contributed by atoms with Crippen molar-refractivity contribution in [2.75, 3.05) is 23.3 Å². The monoisotopic (exact) mass is 151 g/mol. The van der Waals surface area contributed by atoms with Crippen molar-refractivity contribution in [1.82, 2.24) is 0 Å². The normalized spacial score (nSPS) is 9.55. The third kappa shape index (κ3) is 1.77. The molecule has 0 radical (unpaired) electrons. The molecule has 0 amide bonds. The van der Waals surface area contributed by atoms with E-state index in [-0.39, 0.29) is 0 Å². The fraction of sp³-hybridized carbons (Fsp3) is 0.250. The predicted octanol–water partition coefficient (Wildman–Crippen LogP) is 1.28. The van der Waals surface area contributed by atoms with Crippen molar-refractivity contribution in [3.8, 4) is 0 Å². The van der Waals surface area contributed by atoms with Crippen LogP contribution in [0.2, 0.25) is 0 Å². The van der Waals surface area contributed by atoms with Crippen molar-refractivity contribution in [2.24, 2.45) is 0 Å². The lowest BCUT2D eigenvalue weighted by atomic mass is 10.2. The summed E-state index contributed by atoms with van der Waals surface area (Å²) in [7, 11) is 0. The second kappa shape index (κ2) is 3.14. The second-order valence-electron chi connectivity index (χ2n) is 2.38. The molecule has 0 unspecified atom stereocenters. The molecule has 0 saturated heterocycles. The molecule has 0 spiro atoms. The van der Waals surface area contributed by atoms with E-state index < -0.39 is 0 Å². The van der Waals surface area contributed by atoms with Crippen molar-refractivity contribution in [2.45, 2.75) is 6.92 Å². The van der Waals surface area contributed by atoms with Crippen molar-refractivity contribution in [1.29, 1.82) is 0 Å². The van der Waals surface area contributed by atoms with E-state index in [1.165, 1.54) is 0 Å². The Morgan fingerprint density at radius 2 is 2.09 bits per heavy atom. The highest BCUT2D eigenvalue weighted by Gasteiger charge is 1.95. The third-order valence-electron chi connectivity index (χ3n) is 1.44. The number of benzene rings is 1. The molecule has 0 fully saturated rings. The van der Waals surface area contributed by atoms with Crippen molar-refractivity contribution < 1.29 is 0 Å². The summed E-state index contributed by atoms with van der Waals surface area (Å²) in [6.45, 7) is 2.89. The molecule has 0 atom stereocenters. The van der Waals surface area contributed by atoms with E-state index in [0.29, 0.717) is 11.4 Å². The van der Waals surface area contributed by atoms with Crippen molar-refractivity contribution >= 4 is 17.1 Å². The summed E-state index contributed by atoms with van der Waals surface area (Å²) in [5.74, 6) is 0. The number of anilines is 3. The minimum atomic E-state index is 0.698. The highest BCUT2D eigenvalue weighted by Crippen LogP contribution is 2.20. The van der Waals surface area contributed by atoms with E-state index in [4.69, 9.17) is 11.5 Å². The Morgan fingerprint density at radius 3 is 2.64 bits per heavy atom. The Bertz CT molecular complexity index is 245. The highest BCUT2D eigenvalue weighted by molar-refractivity contribution is 5.70. The molecular weight excluding hydrogens is 138 g/mol. The van der Waals surface area contributed by atoms with Crippen LogP contribution in [0.4, 0.5) is 17.1 Å². The van der Waals surface area contributed by atoms with E-state index >= 15 is 0 Å². The maximum absolute atomic E-state index is 5.66. The predicted molar refractivity (Wildman–Crippen MR) is 49.4 cm³/mol. The summed E-state index contributed by atoms with van der Waals surface area (Å²) in [5.41, 5.74) is 13.5. The van der Waals surface area contributed by atoms with Crippen molar-refractivity contribution in [3.05, 3.63) is 18.2 Å². The van der Waals surface area contributed by atoms with Crippen LogP contribution in [0, 0.1) is 0 Å². The maximum atomic E-state index is 5.66. The molecule has 1 aromatic rings. The summed E-state index contributed by atoms with van der Waals surface area (Å²) in [5, 5.41) is 3.12. The Hall–Kier alpha value is -1.38. The van der Waals surface area contributed by atoms with Crippen LogP contribution in [-0.2, 0) is 0 Å². The summed E-state index contributed by atoms with van der Waals surface area (Å²) in [6.07, 6.45) is 0. The van der Waals surface area contributed by atoms with Crippen LogP contribution in [0.1, 0.15) is 6.92 Å². The summed E-state index contributed by atoms with van der Waals surface area (Å²) in [6, 6.07) is 5.46. The van der Waals surface area contributed by atoms with Gasteiger partial charge in [-0.2, -0.15) is 0 Å². The molecule has 0 aliphatic rings. The zero-order valence-electron chi connectivity index (χ0n) is 6.59. The Kier molecular flexibility index (Phi) is 2.21. The fourth-order valence-electron chi connectivity index (χ4n) is 0.933. The van der Waals surface area contributed by atoms with Crippen LogP contribution in [0.15, 0.2) is 18.2 Å². The van der Waals surface area contributed by atoms with Crippen molar-refractivity contribution in [3.63, 3.8) is 0 Å². The lowest BCUT2D eigenvalue weighted by Gasteiger charge is -2.06. The SMILES string of the molecule is CCNc1ccc(N)cc1N. The number of nitrogen functional groups attached to an aromatic ring is 2. The highest BCUT2D eigenvalue weighted by atomic mass is 14.9. The second-order valence-corrected chi connectivity index (χ2v) is 2.38. The van der Waals surface area contributed by atoms with Gasteiger partial charge in [0, 0.05) is 12.2 Å². The van der Waals surface area contributed by atoms with E-state index in [0.717, 1.165) is 12.2 Å². The molecule has 3 heteroatoms. The lowest BCUT2D eigenvalue weighted by Crippen LogP contribution is -2.01. The van der Waals surface area contributed by atoms with Gasteiger partial charge >= 0.3 is 0 Å². The molecule has 5 N–H and O–H groups in total. The maximum Gasteiger partial charge on any atom is 0.0575 e. The first-order valence-electron chi connectivity index (χ1n) is 3.63. The smallest absolute Gasteiger partial charge is 0.0575 e. The molecule has 0 aliphatic carbocycles. The van der Waals surface area contributed by atoms with Crippen LogP contribution >= 0.6 is 0 Å². The van der Waals surface area contributed by atoms with Gasteiger partial charge in [0.15, 0.2) is 0 Å². The molecule has 0 bridgehead atoms. The topological polar surface area (TPSA) is 64.1 Å². The van der Waals surface area contributed by atoms with Crippen LogP contribution in [0.5, 0.6) is 0 Å². The van der Waals surface area contributed by atoms with Gasteiger partial charge in [0.1, 0.15) is 0 Å². The minimum Gasteiger partial charge on any atom is -0.399 e. The average Bonchev–Trinajstić information content (AvgIpc) is 1.95. The van der Waals surface area contributed by atoms with Gasteiger partial charge in [-0.05, 0) is 25.1 Å². The zero-order chi connectivity index (χ0) is 8.27. The number of hydrogen-bond acceptors (Lipinski definition) is 3. The molecule has 0 aromatic heterocycles. The first-order valence-corrected chi connectivity index (χ1v) is 3.63. The molecule has 0 saturated carbocycles. The number of rotatable bonds is 2. The van der Waals surface area contributed by atoms with Gasteiger partial charge in [0.2, 0.25) is 0 Å². The molecule has 3 nitrogen and oxygen atoms in total. The van der Waals surface area contributed by atoms with Gasteiger partial charge in [0.25, 0.3) is 0 Å². The lowest BCUT2D eigenvalue weighted by molar-refractivity contribution is 1.21. The summed E-state index contributed by atoms with van der Waals surface area (Å²) < 4.78 is 0. The quantitative estimate of drug-likeness (QED) is 0.558. The molecule has 1 rings (SSSR count). The molecule has 1 aromatic carbocycles. The number of hydrogen-bond donors (Lipinski definition) is 3. The minimum absolute atomic E-state index is 0.698. The number of nitrogens with one attached hydrogen (secondary N) is 1. The molecule has 0 aliphatic heterocycles. The summed E-state index contributed by atoms with van der Waals surface area (Å²) in [4.78, 5) is 0. The zero-order valence-corrected chi connectivity index (χ0v) is 6.59. The van der Waals surface area contributed by atoms with Crippen LogP contribution in [0.25, 0.3) is 0 Å². The first-order chi connectivity index (χ1) is 5.24.